The molecule has 166 valence electrons. The summed E-state index contributed by atoms with van der Waals surface area (Å²) in [7, 11) is 1.41. The number of nitrogens with zero attached hydrogens (tertiary/aromatic N) is 3. The van der Waals surface area contributed by atoms with Gasteiger partial charge in [0.2, 0.25) is 0 Å². The average molecular weight is 449 g/mol. The second kappa shape index (κ2) is 8.63. The van der Waals surface area contributed by atoms with Crippen molar-refractivity contribution in [2.24, 2.45) is 4.99 Å². The highest BCUT2D eigenvalue weighted by Crippen LogP contribution is 2.37. The van der Waals surface area contributed by atoms with Gasteiger partial charge in [0.1, 0.15) is 17.3 Å². The van der Waals surface area contributed by atoms with Crippen molar-refractivity contribution in [3.8, 4) is 5.75 Å². The summed E-state index contributed by atoms with van der Waals surface area (Å²) in [5.41, 5.74) is 2.11. The number of aliphatic imine (C=N–C) groups is 1. The molecular weight excluding hydrogens is 430 g/mol. The number of ether oxygens (including phenoxy) is 1. The lowest BCUT2D eigenvalue weighted by Gasteiger charge is -2.20. The molecule has 5 rings (SSSR count). The van der Waals surface area contributed by atoms with Gasteiger partial charge >= 0.3 is 0 Å². The Labute approximate surface area is 195 Å². The van der Waals surface area contributed by atoms with E-state index in [0.717, 1.165) is 21.9 Å². The van der Waals surface area contributed by atoms with E-state index in [4.69, 9.17) is 9.73 Å². The van der Waals surface area contributed by atoms with Gasteiger partial charge in [0.25, 0.3) is 11.6 Å². The quantitative estimate of drug-likeness (QED) is 0.226. The predicted molar refractivity (Wildman–Crippen MR) is 132 cm³/mol. The van der Waals surface area contributed by atoms with Crippen LogP contribution in [0.25, 0.3) is 16.8 Å². The zero-order chi connectivity index (χ0) is 23.7. The van der Waals surface area contributed by atoms with Crippen LogP contribution in [0.4, 0.5) is 11.4 Å². The molecule has 0 aliphatic carbocycles. The number of hydrogen-bond acceptors (Lipinski definition) is 5. The molecule has 0 saturated carbocycles. The van der Waals surface area contributed by atoms with Crippen molar-refractivity contribution >= 4 is 40.0 Å². The first-order chi connectivity index (χ1) is 16.6. The van der Waals surface area contributed by atoms with Gasteiger partial charge in [0, 0.05) is 11.6 Å². The molecule has 0 unspecified atom stereocenters. The largest absolute Gasteiger partial charge is 0.494 e. The van der Waals surface area contributed by atoms with E-state index in [-0.39, 0.29) is 23.0 Å². The molecule has 4 aromatic carbocycles. The summed E-state index contributed by atoms with van der Waals surface area (Å²) >= 11 is 0. The van der Waals surface area contributed by atoms with Crippen LogP contribution in [0.1, 0.15) is 11.1 Å². The molecular formula is C27H19N3O4. The number of carbonyl (C=O) groups is 1. The molecule has 0 fully saturated rings. The monoisotopic (exact) mass is 449 g/mol. The van der Waals surface area contributed by atoms with Crippen LogP contribution in [0.15, 0.2) is 102 Å². The highest BCUT2D eigenvalue weighted by Gasteiger charge is 2.34. The SMILES string of the molecule is COc1cc([N+](=O)[O-])ccc1N1C(=O)/C(=C/c2cccc3ccccc23)N=C1c1ccccc1. The molecule has 0 atom stereocenters. The fraction of sp³-hybridized carbons (Fsp3) is 0.0370. The minimum atomic E-state index is -0.504. The van der Waals surface area contributed by atoms with E-state index in [9.17, 15) is 14.9 Å². The summed E-state index contributed by atoms with van der Waals surface area (Å²) in [5, 5.41) is 13.3. The summed E-state index contributed by atoms with van der Waals surface area (Å²) in [6, 6.07) is 27.3. The van der Waals surface area contributed by atoms with Crippen molar-refractivity contribution in [1.82, 2.24) is 0 Å². The Bertz CT molecular complexity index is 1490. The number of methoxy groups -OCH3 is 1. The van der Waals surface area contributed by atoms with Crippen molar-refractivity contribution in [3.63, 3.8) is 0 Å². The molecule has 34 heavy (non-hydrogen) atoms. The molecule has 0 bridgehead atoms. The predicted octanol–water partition coefficient (Wildman–Crippen LogP) is 5.59. The first kappa shape index (κ1) is 21.1. The molecule has 0 radical (unpaired) electrons. The van der Waals surface area contributed by atoms with E-state index >= 15 is 0 Å². The van der Waals surface area contributed by atoms with E-state index in [2.05, 4.69) is 0 Å². The Hall–Kier alpha value is -4.78. The lowest BCUT2D eigenvalue weighted by atomic mass is 10.0. The Morgan fingerprint density at radius 1 is 0.941 bits per heavy atom. The third-order valence-electron chi connectivity index (χ3n) is 5.62. The van der Waals surface area contributed by atoms with Gasteiger partial charge in [-0.2, -0.15) is 0 Å². The molecule has 0 saturated heterocycles. The van der Waals surface area contributed by atoms with Crippen molar-refractivity contribution in [2.75, 3.05) is 12.0 Å². The zero-order valence-electron chi connectivity index (χ0n) is 18.2. The lowest BCUT2D eigenvalue weighted by Crippen LogP contribution is -2.33. The standard InChI is InChI=1S/C27H19N3O4/c1-34-25-17-21(30(32)33)14-15-24(25)29-26(19-9-3-2-4-10-19)28-23(27(29)31)16-20-12-7-11-18-8-5-6-13-22(18)20/h2-17H,1H3/b23-16-. The number of hydrogen-bond donors (Lipinski definition) is 0. The summed E-state index contributed by atoms with van der Waals surface area (Å²) in [4.78, 5) is 30.6. The average Bonchev–Trinajstić information content (AvgIpc) is 3.19. The molecule has 7 nitrogen and oxygen atoms in total. The summed E-state index contributed by atoms with van der Waals surface area (Å²) in [6.07, 6.45) is 1.77. The summed E-state index contributed by atoms with van der Waals surface area (Å²) in [5.74, 6) is 0.278. The van der Waals surface area contributed by atoms with E-state index in [0.29, 0.717) is 11.5 Å². The second-order valence-corrected chi connectivity index (χ2v) is 7.65. The van der Waals surface area contributed by atoms with Gasteiger partial charge in [0.05, 0.1) is 23.8 Å². The van der Waals surface area contributed by atoms with Crippen molar-refractivity contribution in [2.45, 2.75) is 0 Å². The first-order valence-corrected chi connectivity index (χ1v) is 10.6. The third kappa shape index (κ3) is 3.69. The highest BCUT2D eigenvalue weighted by atomic mass is 16.6. The van der Waals surface area contributed by atoms with Gasteiger partial charge in [-0.05, 0) is 28.5 Å². The van der Waals surface area contributed by atoms with Crippen molar-refractivity contribution in [1.29, 1.82) is 0 Å². The van der Waals surface area contributed by atoms with Crippen LogP contribution >= 0.6 is 0 Å². The maximum Gasteiger partial charge on any atom is 0.282 e. The van der Waals surface area contributed by atoms with E-state index in [1.807, 2.05) is 72.8 Å². The van der Waals surface area contributed by atoms with Gasteiger partial charge in [-0.3, -0.25) is 19.8 Å². The lowest BCUT2D eigenvalue weighted by molar-refractivity contribution is -0.384. The fourth-order valence-corrected chi connectivity index (χ4v) is 4.01. The maximum atomic E-state index is 13.7. The maximum absolute atomic E-state index is 13.7. The van der Waals surface area contributed by atoms with Crippen LogP contribution in [0.5, 0.6) is 5.75 Å². The van der Waals surface area contributed by atoms with Gasteiger partial charge in [-0.15, -0.1) is 0 Å². The number of nitro groups is 1. The Morgan fingerprint density at radius 3 is 2.44 bits per heavy atom. The number of fused-ring (bicyclic) bond motifs is 1. The van der Waals surface area contributed by atoms with E-state index in [1.165, 1.54) is 30.2 Å². The van der Waals surface area contributed by atoms with Crippen molar-refractivity contribution < 1.29 is 14.5 Å². The number of non-ortho nitro benzene ring substituents is 1. The van der Waals surface area contributed by atoms with Crippen molar-refractivity contribution in [3.05, 3.63) is 118 Å². The Balaban J connectivity index is 1.67. The number of benzene rings is 4. The molecule has 0 aromatic heterocycles. The zero-order valence-corrected chi connectivity index (χ0v) is 18.2. The minimum Gasteiger partial charge on any atom is -0.494 e. The number of nitro benzene ring substituents is 1. The smallest absolute Gasteiger partial charge is 0.282 e. The molecule has 1 heterocycles. The topological polar surface area (TPSA) is 85.0 Å². The highest BCUT2D eigenvalue weighted by molar-refractivity contribution is 6.33. The fourth-order valence-electron chi connectivity index (χ4n) is 4.01. The molecule has 1 aliphatic rings. The number of anilines is 1. The van der Waals surface area contributed by atoms with Gasteiger partial charge in [0.15, 0.2) is 0 Å². The van der Waals surface area contributed by atoms with Gasteiger partial charge < -0.3 is 4.74 Å². The van der Waals surface area contributed by atoms with Crippen LogP contribution < -0.4 is 9.64 Å². The summed E-state index contributed by atoms with van der Waals surface area (Å²) in [6.45, 7) is 0. The van der Waals surface area contributed by atoms with E-state index < -0.39 is 4.92 Å². The van der Waals surface area contributed by atoms with Crippen LogP contribution in [0.3, 0.4) is 0 Å². The number of carbonyl (C=O) groups excluding carboxylic acids is 1. The Kier molecular flexibility index (Phi) is 5.35. The number of rotatable bonds is 5. The van der Waals surface area contributed by atoms with Crippen LogP contribution in [-0.2, 0) is 4.79 Å². The normalized spacial score (nSPS) is 14.5. The first-order valence-electron chi connectivity index (χ1n) is 10.6. The molecule has 7 heteroatoms. The summed E-state index contributed by atoms with van der Waals surface area (Å²) < 4.78 is 5.42. The molecule has 1 aliphatic heterocycles. The number of amides is 1. The number of amidine groups is 1. The van der Waals surface area contributed by atoms with Crippen LogP contribution in [0.2, 0.25) is 0 Å². The van der Waals surface area contributed by atoms with E-state index in [1.54, 1.807) is 6.08 Å². The molecule has 1 amide bonds. The minimum absolute atomic E-state index is 0.128. The van der Waals surface area contributed by atoms with Crippen LogP contribution in [-0.4, -0.2) is 23.8 Å². The second-order valence-electron chi connectivity index (χ2n) is 7.65. The molecule has 0 N–H and O–H groups in total. The molecule has 4 aromatic rings. The Morgan fingerprint density at radius 2 is 1.68 bits per heavy atom. The third-order valence-corrected chi connectivity index (χ3v) is 5.62. The molecule has 0 spiro atoms. The van der Waals surface area contributed by atoms with Crippen LogP contribution in [0, 0.1) is 10.1 Å². The van der Waals surface area contributed by atoms with Gasteiger partial charge in [-0.1, -0.05) is 72.8 Å². The van der Waals surface area contributed by atoms with Gasteiger partial charge in [-0.25, -0.2) is 4.99 Å².